The lowest BCUT2D eigenvalue weighted by molar-refractivity contribution is 0.146. The Morgan fingerprint density at radius 2 is 2.33 bits per heavy atom. The molecular weight excluding hydrogens is 266 g/mol. The Bertz CT molecular complexity index is 575. The van der Waals surface area contributed by atoms with Crippen LogP contribution in [-0.2, 0) is 24.1 Å². The highest BCUT2D eigenvalue weighted by atomic mass is 16.5. The molecule has 112 valence electrons. The second-order valence-electron chi connectivity index (χ2n) is 6.58. The highest BCUT2D eigenvalue weighted by Gasteiger charge is 2.58. The van der Waals surface area contributed by atoms with Gasteiger partial charge < -0.3 is 15.4 Å². The average molecular weight is 287 g/mol. The van der Waals surface area contributed by atoms with Crippen molar-refractivity contribution in [2.24, 2.45) is 11.3 Å². The molecule has 2 N–H and O–H groups in total. The standard InChI is InChI=1S/C16H21N3O2/c20-15(18-9-16-6-12(16)8-21-10-16)17-7-13-5-4-11-2-1-3-14(11)19-13/h4-5,12H,1-3,6-10H2,(H2,17,18,20)/t12-,16-/m0/s1. The van der Waals surface area contributed by atoms with Gasteiger partial charge in [0.15, 0.2) is 0 Å². The van der Waals surface area contributed by atoms with Crippen LogP contribution >= 0.6 is 0 Å². The summed E-state index contributed by atoms with van der Waals surface area (Å²) >= 11 is 0. The van der Waals surface area contributed by atoms with Crippen LogP contribution in [0.2, 0.25) is 0 Å². The van der Waals surface area contributed by atoms with Crippen molar-refractivity contribution in [2.45, 2.75) is 32.2 Å². The Labute approximate surface area is 124 Å². The molecule has 2 amide bonds. The van der Waals surface area contributed by atoms with Gasteiger partial charge in [-0.25, -0.2) is 4.79 Å². The van der Waals surface area contributed by atoms with Gasteiger partial charge in [-0.1, -0.05) is 6.07 Å². The van der Waals surface area contributed by atoms with E-state index in [2.05, 4.69) is 21.7 Å². The van der Waals surface area contributed by atoms with Crippen molar-refractivity contribution >= 4 is 6.03 Å². The van der Waals surface area contributed by atoms with Crippen molar-refractivity contribution in [3.05, 3.63) is 29.1 Å². The smallest absolute Gasteiger partial charge is 0.315 e. The molecule has 5 heteroatoms. The number of carbonyl (C=O) groups is 1. The number of nitrogens with one attached hydrogen (secondary N) is 2. The molecule has 2 aliphatic carbocycles. The third kappa shape index (κ3) is 2.50. The average Bonchev–Trinajstić information content (AvgIpc) is 2.88. The second-order valence-corrected chi connectivity index (χ2v) is 6.58. The van der Waals surface area contributed by atoms with E-state index in [1.54, 1.807) is 0 Å². The van der Waals surface area contributed by atoms with Crippen LogP contribution in [0.1, 0.15) is 29.8 Å². The number of fused-ring (bicyclic) bond motifs is 2. The van der Waals surface area contributed by atoms with E-state index in [0.29, 0.717) is 12.5 Å². The maximum absolute atomic E-state index is 11.9. The molecule has 0 unspecified atom stereocenters. The molecule has 0 bridgehead atoms. The number of hydrogen-bond donors (Lipinski definition) is 2. The minimum atomic E-state index is -0.107. The fraction of sp³-hybridized carbons (Fsp3) is 0.625. The number of hydrogen-bond acceptors (Lipinski definition) is 3. The molecule has 5 nitrogen and oxygen atoms in total. The van der Waals surface area contributed by atoms with E-state index in [1.807, 2.05) is 6.07 Å². The summed E-state index contributed by atoms with van der Waals surface area (Å²) in [6.07, 6.45) is 4.60. The number of ether oxygens (including phenoxy) is 1. The van der Waals surface area contributed by atoms with Gasteiger partial charge in [-0.15, -0.1) is 0 Å². The highest BCUT2D eigenvalue weighted by molar-refractivity contribution is 5.73. The molecule has 1 aromatic heterocycles. The van der Waals surface area contributed by atoms with Crippen LogP contribution in [0.25, 0.3) is 0 Å². The Morgan fingerprint density at radius 3 is 3.14 bits per heavy atom. The van der Waals surface area contributed by atoms with Crippen LogP contribution in [0.4, 0.5) is 4.79 Å². The van der Waals surface area contributed by atoms with Gasteiger partial charge in [0.05, 0.1) is 25.5 Å². The first kappa shape index (κ1) is 13.1. The number of pyridine rings is 1. The minimum Gasteiger partial charge on any atom is -0.380 e. The van der Waals surface area contributed by atoms with Crippen LogP contribution in [0.15, 0.2) is 12.1 Å². The lowest BCUT2D eigenvalue weighted by atomic mass is 10.1. The fourth-order valence-corrected chi connectivity index (χ4v) is 3.57. The fourth-order valence-electron chi connectivity index (χ4n) is 3.57. The third-order valence-corrected chi connectivity index (χ3v) is 5.08. The number of rotatable bonds is 4. The van der Waals surface area contributed by atoms with Crippen LogP contribution in [0.3, 0.4) is 0 Å². The number of urea groups is 1. The van der Waals surface area contributed by atoms with E-state index in [1.165, 1.54) is 24.1 Å². The Hall–Kier alpha value is -1.62. The molecule has 0 spiro atoms. The molecule has 21 heavy (non-hydrogen) atoms. The summed E-state index contributed by atoms with van der Waals surface area (Å²) in [4.78, 5) is 16.5. The molecule has 1 aromatic rings. The van der Waals surface area contributed by atoms with Crippen molar-refractivity contribution in [3.63, 3.8) is 0 Å². The van der Waals surface area contributed by atoms with Gasteiger partial charge in [0.1, 0.15) is 0 Å². The molecule has 0 aromatic carbocycles. The maximum Gasteiger partial charge on any atom is 0.315 e. The zero-order valence-electron chi connectivity index (χ0n) is 12.2. The van der Waals surface area contributed by atoms with E-state index in [0.717, 1.165) is 38.3 Å². The lowest BCUT2D eigenvalue weighted by Crippen LogP contribution is -2.39. The van der Waals surface area contributed by atoms with E-state index in [4.69, 9.17) is 4.74 Å². The van der Waals surface area contributed by atoms with Gasteiger partial charge in [-0.2, -0.15) is 0 Å². The number of aryl methyl sites for hydroxylation is 2. The van der Waals surface area contributed by atoms with Crippen molar-refractivity contribution in [3.8, 4) is 0 Å². The summed E-state index contributed by atoms with van der Waals surface area (Å²) in [6.45, 7) is 2.87. The second kappa shape index (κ2) is 4.98. The normalized spacial score (nSPS) is 28.9. The quantitative estimate of drug-likeness (QED) is 0.880. The number of aromatic nitrogens is 1. The number of amides is 2. The first-order valence-electron chi connectivity index (χ1n) is 7.82. The van der Waals surface area contributed by atoms with Crippen LogP contribution < -0.4 is 10.6 Å². The molecule has 1 saturated heterocycles. The number of carbonyl (C=O) groups excluding carboxylic acids is 1. The van der Waals surface area contributed by atoms with Crippen LogP contribution in [0.5, 0.6) is 0 Å². The van der Waals surface area contributed by atoms with Crippen LogP contribution in [-0.4, -0.2) is 30.8 Å². The van der Waals surface area contributed by atoms with Gasteiger partial charge in [0, 0.05) is 17.7 Å². The number of nitrogens with zero attached hydrogens (tertiary/aromatic N) is 1. The SMILES string of the molecule is O=C(NCc1ccc2c(n1)CCC2)NC[C@@]12COC[C@@H]1C2. The molecule has 1 aliphatic heterocycles. The van der Waals surface area contributed by atoms with Gasteiger partial charge in [0.2, 0.25) is 0 Å². The molecule has 4 rings (SSSR count). The van der Waals surface area contributed by atoms with Gasteiger partial charge >= 0.3 is 6.03 Å². The monoisotopic (exact) mass is 287 g/mol. The first-order valence-corrected chi connectivity index (χ1v) is 7.82. The zero-order valence-corrected chi connectivity index (χ0v) is 12.2. The largest absolute Gasteiger partial charge is 0.380 e. The van der Waals surface area contributed by atoms with E-state index in [9.17, 15) is 4.79 Å². The van der Waals surface area contributed by atoms with Gasteiger partial charge in [-0.05, 0) is 43.2 Å². The van der Waals surface area contributed by atoms with E-state index < -0.39 is 0 Å². The summed E-state index contributed by atoms with van der Waals surface area (Å²) in [5.41, 5.74) is 3.75. The van der Waals surface area contributed by atoms with E-state index in [-0.39, 0.29) is 11.4 Å². The van der Waals surface area contributed by atoms with Crippen molar-refractivity contribution in [1.29, 1.82) is 0 Å². The van der Waals surface area contributed by atoms with Crippen LogP contribution in [0, 0.1) is 11.3 Å². The molecule has 3 aliphatic rings. The highest BCUT2D eigenvalue weighted by Crippen LogP contribution is 2.56. The molecule has 2 fully saturated rings. The topological polar surface area (TPSA) is 63.2 Å². The first-order chi connectivity index (χ1) is 10.3. The Balaban J connectivity index is 1.26. The van der Waals surface area contributed by atoms with E-state index >= 15 is 0 Å². The Kier molecular flexibility index (Phi) is 3.10. The van der Waals surface area contributed by atoms with Crippen molar-refractivity contribution in [2.75, 3.05) is 19.8 Å². The summed E-state index contributed by atoms with van der Waals surface area (Å²) in [5.74, 6) is 0.663. The van der Waals surface area contributed by atoms with Crippen molar-refractivity contribution in [1.82, 2.24) is 15.6 Å². The Morgan fingerprint density at radius 1 is 1.38 bits per heavy atom. The third-order valence-electron chi connectivity index (χ3n) is 5.08. The molecule has 0 radical (unpaired) electrons. The van der Waals surface area contributed by atoms with Crippen molar-refractivity contribution < 1.29 is 9.53 Å². The predicted molar refractivity (Wildman–Crippen MR) is 77.9 cm³/mol. The molecule has 2 atom stereocenters. The van der Waals surface area contributed by atoms with Gasteiger partial charge in [-0.3, -0.25) is 4.98 Å². The summed E-state index contributed by atoms with van der Waals surface area (Å²) in [5, 5.41) is 5.87. The predicted octanol–water partition coefficient (Wildman–Crippen LogP) is 1.41. The molecule has 2 heterocycles. The minimum absolute atomic E-state index is 0.107. The summed E-state index contributed by atoms with van der Waals surface area (Å²) < 4.78 is 5.43. The van der Waals surface area contributed by atoms with Gasteiger partial charge in [0.25, 0.3) is 0 Å². The lowest BCUT2D eigenvalue weighted by Gasteiger charge is -2.13. The molecule has 1 saturated carbocycles. The summed E-state index contributed by atoms with van der Waals surface area (Å²) in [6, 6.07) is 4.06. The maximum atomic E-state index is 11.9. The summed E-state index contributed by atoms with van der Waals surface area (Å²) in [7, 11) is 0. The molecular formula is C16H21N3O2. The zero-order chi connectivity index (χ0) is 14.3.